The Morgan fingerprint density at radius 2 is 1.61 bits per heavy atom. The lowest BCUT2D eigenvalue weighted by atomic mass is 9.84. The summed E-state index contributed by atoms with van der Waals surface area (Å²) >= 11 is 17.8. The summed E-state index contributed by atoms with van der Waals surface area (Å²) in [5, 5.41) is 2.43. The van der Waals surface area contributed by atoms with Crippen LogP contribution in [0, 0.1) is 0 Å². The van der Waals surface area contributed by atoms with Crippen LogP contribution in [0.4, 0.5) is 5.69 Å². The molecule has 2 aromatic rings. The van der Waals surface area contributed by atoms with Crippen molar-refractivity contribution in [2.75, 3.05) is 11.2 Å². The highest BCUT2D eigenvalue weighted by Crippen LogP contribution is 2.40. The second-order valence-corrected chi connectivity index (χ2v) is 5.91. The zero-order valence-corrected chi connectivity index (χ0v) is 13.7. The minimum atomic E-state index is -0.523. The van der Waals surface area contributed by atoms with Crippen LogP contribution in [0.25, 0.3) is 0 Å². The van der Waals surface area contributed by atoms with Gasteiger partial charge < -0.3 is 5.32 Å². The van der Waals surface area contributed by atoms with Gasteiger partial charge >= 0.3 is 0 Å². The van der Waals surface area contributed by atoms with Crippen LogP contribution >= 0.6 is 34.8 Å². The molecule has 4 nitrogen and oxygen atoms in total. The number of ketones is 2. The van der Waals surface area contributed by atoms with Gasteiger partial charge in [0.15, 0.2) is 11.6 Å². The monoisotopic (exact) mass is 367 g/mol. The summed E-state index contributed by atoms with van der Waals surface area (Å²) in [6.45, 7) is 0. The summed E-state index contributed by atoms with van der Waals surface area (Å²) in [5.74, 6) is -1.54. The Kier molecular flexibility index (Phi) is 4.15. The molecule has 1 amide bonds. The fourth-order valence-electron chi connectivity index (χ4n) is 2.47. The summed E-state index contributed by atoms with van der Waals surface area (Å²) in [6.07, 6.45) is 0. The number of nitrogens with one attached hydrogen (secondary N) is 1. The fraction of sp³-hybridized carbons (Fsp3) is 0.0625. The van der Waals surface area contributed by atoms with Gasteiger partial charge in [-0.2, -0.15) is 0 Å². The molecule has 0 fully saturated rings. The van der Waals surface area contributed by atoms with Gasteiger partial charge in [-0.1, -0.05) is 47.5 Å². The third kappa shape index (κ3) is 2.53. The number of alkyl halides is 1. The van der Waals surface area contributed by atoms with Crippen molar-refractivity contribution in [3.05, 3.63) is 62.6 Å². The van der Waals surface area contributed by atoms with Gasteiger partial charge in [0.05, 0.1) is 21.3 Å². The Labute approximate surface area is 146 Å². The molecule has 0 saturated carbocycles. The number of carbonyl (C=O) groups is 3. The van der Waals surface area contributed by atoms with E-state index < -0.39 is 11.7 Å². The van der Waals surface area contributed by atoms with Crippen molar-refractivity contribution in [3.8, 4) is 0 Å². The van der Waals surface area contributed by atoms with Crippen molar-refractivity contribution in [3.63, 3.8) is 0 Å². The molecule has 0 heterocycles. The van der Waals surface area contributed by atoms with Gasteiger partial charge in [0.1, 0.15) is 5.88 Å². The SMILES string of the molecule is O=C(CCl)Nc1c(Cl)cc2c(c1Cl)C(=O)c1ccccc1C2=O. The molecule has 0 radical (unpaired) electrons. The largest absolute Gasteiger partial charge is 0.322 e. The summed E-state index contributed by atoms with van der Waals surface area (Å²) in [6, 6.07) is 7.80. The van der Waals surface area contributed by atoms with E-state index in [2.05, 4.69) is 5.32 Å². The van der Waals surface area contributed by atoms with Crippen LogP contribution in [-0.2, 0) is 4.79 Å². The first-order valence-electron chi connectivity index (χ1n) is 6.52. The first-order chi connectivity index (χ1) is 11.0. The highest BCUT2D eigenvalue weighted by atomic mass is 35.5. The van der Waals surface area contributed by atoms with E-state index in [0.717, 1.165) is 0 Å². The number of hydrogen-bond donors (Lipinski definition) is 1. The van der Waals surface area contributed by atoms with Crippen molar-refractivity contribution < 1.29 is 14.4 Å². The molecule has 1 aliphatic rings. The molecule has 3 rings (SSSR count). The maximum absolute atomic E-state index is 12.7. The van der Waals surface area contributed by atoms with Gasteiger partial charge in [-0.25, -0.2) is 0 Å². The van der Waals surface area contributed by atoms with Crippen LogP contribution in [0.15, 0.2) is 30.3 Å². The molecule has 0 spiro atoms. The third-order valence-corrected chi connectivity index (χ3v) is 4.41. The van der Waals surface area contributed by atoms with Gasteiger partial charge in [-0.3, -0.25) is 14.4 Å². The van der Waals surface area contributed by atoms with E-state index in [9.17, 15) is 14.4 Å². The number of amides is 1. The van der Waals surface area contributed by atoms with Gasteiger partial charge in [0.2, 0.25) is 5.91 Å². The molecule has 0 bridgehead atoms. The number of benzene rings is 2. The first-order valence-corrected chi connectivity index (χ1v) is 7.81. The highest BCUT2D eigenvalue weighted by Gasteiger charge is 2.33. The average molecular weight is 369 g/mol. The Balaban J connectivity index is 2.23. The molecule has 7 heteroatoms. The smallest absolute Gasteiger partial charge is 0.239 e. The molecule has 1 N–H and O–H groups in total. The van der Waals surface area contributed by atoms with E-state index in [1.807, 2.05) is 0 Å². The second-order valence-electron chi connectivity index (χ2n) is 4.86. The standard InChI is InChI=1S/C16H8Cl3NO3/c17-6-11(21)20-14-10(18)5-9-12(13(14)19)16(23)8-4-2-1-3-7(8)15(9)22/h1-5H,6H2,(H,20,21). The van der Waals surface area contributed by atoms with Gasteiger partial charge in [-0.05, 0) is 6.07 Å². The van der Waals surface area contributed by atoms with Gasteiger partial charge in [-0.15, -0.1) is 11.6 Å². The second kappa shape index (κ2) is 5.96. The maximum Gasteiger partial charge on any atom is 0.239 e. The Hall–Kier alpha value is -1.88. The minimum Gasteiger partial charge on any atom is -0.322 e. The third-order valence-electron chi connectivity index (χ3n) is 3.49. The Morgan fingerprint density at radius 3 is 2.22 bits per heavy atom. The quantitative estimate of drug-likeness (QED) is 0.697. The van der Waals surface area contributed by atoms with Crippen molar-refractivity contribution in [2.24, 2.45) is 0 Å². The molecule has 1 aliphatic carbocycles. The van der Waals surface area contributed by atoms with Crippen LogP contribution in [0.1, 0.15) is 31.8 Å². The maximum atomic E-state index is 12.7. The van der Waals surface area contributed by atoms with E-state index >= 15 is 0 Å². The minimum absolute atomic E-state index is 0.0321. The molecule has 0 aromatic heterocycles. The molecule has 0 aliphatic heterocycles. The van der Waals surface area contributed by atoms with Crippen LogP contribution in [0.2, 0.25) is 10.0 Å². The van der Waals surface area contributed by atoms with Crippen molar-refractivity contribution in [2.45, 2.75) is 0 Å². The fourth-order valence-corrected chi connectivity index (χ4v) is 3.17. The lowest BCUT2D eigenvalue weighted by Crippen LogP contribution is -2.23. The number of rotatable bonds is 2. The van der Waals surface area contributed by atoms with Gasteiger partial charge in [0.25, 0.3) is 0 Å². The summed E-state index contributed by atoms with van der Waals surface area (Å²) in [5.41, 5.74) is 0.786. The van der Waals surface area contributed by atoms with E-state index in [1.54, 1.807) is 24.3 Å². The van der Waals surface area contributed by atoms with Crippen molar-refractivity contribution >= 4 is 58.0 Å². The molecule has 0 saturated heterocycles. The summed E-state index contributed by atoms with van der Waals surface area (Å²) in [7, 11) is 0. The number of hydrogen-bond acceptors (Lipinski definition) is 3. The van der Waals surface area contributed by atoms with Crippen LogP contribution in [0.5, 0.6) is 0 Å². The van der Waals surface area contributed by atoms with E-state index in [-0.39, 0.29) is 44.1 Å². The van der Waals surface area contributed by atoms with Crippen LogP contribution in [-0.4, -0.2) is 23.4 Å². The Morgan fingerprint density at radius 1 is 1.00 bits per heavy atom. The first kappa shape index (κ1) is 16.0. The molecular weight excluding hydrogens is 361 g/mol. The predicted octanol–water partition coefficient (Wildman–Crippen LogP) is 3.95. The molecule has 0 unspecified atom stereocenters. The zero-order valence-electron chi connectivity index (χ0n) is 11.5. The summed E-state index contributed by atoms with van der Waals surface area (Å²) < 4.78 is 0. The van der Waals surface area contributed by atoms with Crippen LogP contribution in [0.3, 0.4) is 0 Å². The Bertz CT molecular complexity index is 877. The zero-order chi connectivity index (χ0) is 16.7. The predicted molar refractivity (Wildman–Crippen MR) is 89.1 cm³/mol. The van der Waals surface area contributed by atoms with Crippen molar-refractivity contribution in [1.82, 2.24) is 0 Å². The molecule has 23 heavy (non-hydrogen) atoms. The molecule has 2 aromatic carbocycles. The lowest BCUT2D eigenvalue weighted by Gasteiger charge is -2.21. The van der Waals surface area contributed by atoms with E-state index in [0.29, 0.717) is 5.56 Å². The molecular formula is C16H8Cl3NO3. The number of carbonyl (C=O) groups excluding carboxylic acids is 3. The van der Waals surface area contributed by atoms with Gasteiger partial charge in [0, 0.05) is 16.7 Å². The normalized spacial score (nSPS) is 12.7. The molecule has 0 atom stereocenters. The number of anilines is 1. The topological polar surface area (TPSA) is 63.2 Å². The van der Waals surface area contributed by atoms with E-state index in [1.165, 1.54) is 6.07 Å². The van der Waals surface area contributed by atoms with Crippen LogP contribution < -0.4 is 5.32 Å². The average Bonchev–Trinajstić information content (AvgIpc) is 2.55. The number of halogens is 3. The van der Waals surface area contributed by atoms with Crippen molar-refractivity contribution in [1.29, 1.82) is 0 Å². The number of fused-ring (bicyclic) bond motifs is 2. The lowest BCUT2D eigenvalue weighted by molar-refractivity contribution is -0.113. The molecule has 116 valence electrons. The van der Waals surface area contributed by atoms with E-state index in [4.69, 9.17) is 34.8 Å². The summed E-state index contributed by atoms with van der Waals surface area (Å²) in [4.78, 5) is 36.7. The highest BCUT2D eigenvalue weighted by molar-refractivity contribution is 6.45.